The van der Waals surface area contributed by atoms with Crippen LogP contribution in [0.25, 0.3) is 17.0 Å². The Morgan fingerprint density at radius 3 is 2.60 bits per heavy atom. The summed E-state index contributed by atoms with van der Waals surface area (Å²) in [4.78, 5) is 38.4. The summed E-state index contributed by atoms with van der Waals surface area (Å²) in [6.45, 7) is 0.0608. The second-order valence-electron chi connectivity index (χ2n) is 6.62. The molecule has 0 unspecified atom stereocenters. The van der Waals surface area contributed by atoms with Gasteiger partial charge < -0.3 is 9.88 Å². The van der Waals surface area contributed by atoms with E-state index in [1.165, 1.54) is 0 Å². The predicted molar refractivity (Wildman–Crippen MR) is 119 cm³/mol. The van der Waals surface area contributed by atoms with Crippen LogP contribution in [0.5, 0.6) is 0 Å². The minimum absolute atomic E-state index is 0.0522. The van der Waals surface area contributed by atoms with E-state index in [1.54, 1.807) is 6.08 Å². The minimum atomic E-state index is -0.401. The zero-order valence-corrected chi connectivity index (χ0v) is 16.7. The number of nitrogens with one attached hydrogen (secondary N) is 1. The number of anilines is 1. The molecular formula is C23H17N3O3S. The van der Waals surface area contributed by atoms with E-state index < -0.39 is 5.91 Å². The van der Waals surface area contributed by atoms with Gasteiger partial charge in [-0.3, -0.25) is 19.3 Å². The molecule has 30 heavy (non-hydrogen) atoms. The molecule has 0 aliphatic carbocycles. The summed E-state index contributed by atoms with van der Waals surface area (Å²) in [5, 5.41) is 3.37. The lowest BCUT2D eigenvalue weighted by atomic mass is 10.1. The number of amides is 3. The van der Waals surface area contributed by atoms with Gasteiger partial charge >= 0.3 is 0 Å². The number of terminal acetylenes is 1. The molecule has 3 aromatic rings. The molecule has 2 heterocycles. The maximum Gasteiger partial charge on any atom is 0.294 e. The lowest BCUT2D eigenvalue weighted by Gasteiger charge is -2.07. The van der Waals surface area contributed by atoms with Crippen molar-refractivity contribution in [1.82, 2.24) is 9.47 Å². The highest BCUT2D eigenvalue weighted by molar-refractivity contribution is 8.18. The van der Waals surface area contributed by atoms with Crippen molar-refractivity contribution in [3.8, 4) is 12.3 Å². The van der Waals surface area contributed by atoms with Gasteiger partial charge in [0.05, 0.1) is 11.4 Å². The van der Waals surface area contributed by atoms with Crippen LogP contribution >= 0.6 is 11.8 Å². The van der Waals surface area contributed by atoms with Crippen molar-refractivity contribution in [1.29, 1.82) is 0 Å². The Labute approximate surface area is 177 Å². The number of rotatable bonds is 5. The van der Waals surface area contributed by atoms with Gasteiger partial charge in [0.15, 0.2) is 0 Å². The Kier molecular flexibility index (Phi) is 5.42. The fourth-order valence-corrected chi connectivity index (χ4v) is 4.10. The van der Waals surface area contributed by atoms with Crippen LogP contribution in [0.15, 0.2) is 65.7 Å². The molecule has 7 heteroatoms. The van der Waals surface area contributed by atoms with Gasteiger partial charge in [0.2, 0.25) is 5.91 Å². The van der Waals surface area contributed by atoms with Crippen molar-refractivity contribution in [2.45, 2.75) is 6.54 Å². The molecule has 0 bridgehead atoms. The first kappa shape index (κ1) is 19.6. The number of fused-ring (bicyclic) bond motifs is 1. The van der Waals surface area contributed by atoms with Gasteiger partial charge in [-0.15, -0.1) is 6.42 Å². The molecule has 148 valence electrons. The molecule has 6 nitrogen and oxygen atoms in total. The van der Waals surface area contributed by atoms with Crippen molar-refractivity contribution in [2.24, 2.45) is 0 Å². The summed E-state index contributed by atoms with van der Waals surface area (Å²) in [7, 11) is 0. The third-order valence-electron chi connectivity index (χ3n) is 4.60. The summed E-state index contributed by atoms with van der Waals surface area (Å²) >= 11 is 0.865. The number of benzene rings is 2. The van der Waals surface area contributed by atoms with Crippen LogP contribution in [0, 0.1) is 12.3 Å². The quantitative estimate of drug-likeness (QED) is 0.506. The van der Waals surface area contributed by atoms with Gasteiger partial charge in [-0.2, -0.15) is 0 Å². The number of imide groups is 1. The van der Waals surface area contributed by atoms with Gasteiger partial charge in [0.25, 0.3) is 11.1 Å². The molecule has 2 aromatic carbocycles. The van der Waals surface area contributed by atoms with E-state index in [1.807, 2.05) is 65.4 Å². The molecule has 1 aliphatic heterocycles. The standard InChI is InChI=1S/C23H17N3O3S/c1-2-12-26-22(28)20(30-23(26)29)13-16-14-25(19-11-7-6-10-18(16)19)15-21(27)24-17-8-4-3-5-9-17/h1,3-11,13-14H,12,15H2,(H,24,27)/b20-13+. The lowest BCUT2D eigenvalue weighted by Crippen LogP contribution is -2.28. The summed E-state index contributed by atoms with van der Waals surface area (Å²) in [6.07, 6.45) is 8.73. The molecule has 1 N–H and O–H groups in total. The van der Waals surface area contributed by atoms with E-state index in [9.17, 15) is 14.4 Å². The molecule has 0 spiro atoms. The third-order valence-corrected chi connectivity index (χ3v) is 5.51. The van der Waals surface area contributed by atoms with Crippen LogP contribution in [0.4, 0.5) is 10.5 Å². The summed E-state index contributed by atoms with van der Waals surface area (Å²) in [5.41, 5.74) is 2.33. The number of hydrogen-bond donors (Lipinski definition) is 1. The number of aromatic nitrogens is 1. The van der Waals surface area contributed by atoms with Crippen molar-refractivity contribution < 1.29 is 14.4 Å². The van der Waals surface area contributed by atoms with Crippen LogP contribution in [0.2, 0.25) is 0 Å². The van der Waals surface area contributed by atoms with Crippen molar-refractivity contribution in [3.05, 3.63) is 71.3 Å². The number of hydrogen-bond acceptors (Lipinski definition) is 4. The Morgan fingerprint density at radius 1 is 1.10 bits per heavy atom. The zero-order valence-electron chi connectivity index (χ0n) is 15.9. The summed E-state index contributed by atoms with van der Waals surface area (Å²) in [6, 6.07) is 16.8. The minimum Gasteiger partial charge on any atom is -0.337 e. The molecular weight excluding hydrogens is 398 g/mol. The Bertz CT molecular complexity index is 1220. The first-order valence-electron chi connectivity index (χ1n) is 9.18. The zero-order chi connectivity index (χ0) is 21.1. The van der Waals surface area contributed by atoms with Gasteiger partial charge in [-0.05, 0) is 36.0 Å². The van der Waals surface area contributed by atoms with E-state index in [2.05, 4.69) is 11.2 Å². The molecule has 1 fully saturated rings. The van der Waals surface area contributed by atoms with E-state index in [0.717, 1.165) is 38.8 Å². The fourth-order valence-electron chi connectivity index (χ4n) is 3.27. The van der Waals surface area contributed by atoms with Crippen LogP contribution in [0.1, 0.15) is 5.56 Å². The number of para-hydroxylation sites is 2. The molecule has 3 amide bonds. The van der Waals surface area contributed by atoms with Crippen LogP contribution in [0.3, 0.4) is 0 Å². The normalized spacial score (nSPS) is 15.0. The van der Waals surface area contributed by atoms with E-state index >= 15 is 0 Å². The molecule has 0 atom stereocenters. The van der Waals surface area contributed by atoms with E-state index in [0.29, 0.717) is 4.91 Å². The van der Waals surface area contributed by atoms with Crippen molar-refractivity contribution in [3.63, 3.8) is 0 Å². The van der Waals surface area contributed by atoms with Gasteiger partial charge in [0.1, 0.15) is 6.54 Å². The van der Waals surface area contributed by atoms with Crippen molar-refractivity contribution >= 4 is 51.5 Å². The highest BCUT2D eigenvalue weighted by atomic mass is 32.2. The molecule has 1 aliphatic rings. The third kappa shape index (κ3) is 3.86. The number of carbonyl (C=O) groups excluding carboxylic acids is 3. The van der Waals surface area contributed by atoms with E-state index in [-0.39, 0.29) is 24.2 Å². The summed E-state index contributed by atoms with van der Waals surface area (Å²) < 4.78 is 1.82. The molecule has 4 rings (SSSR count). The first-order valence-corrected chi connectivity index (χ1v) is 10.00. The highest BCUT2D eigenvalue weighted by Crippen LogP contribution is 2.33. The first-order chi connectivity index (χ1) is 14.6. The highest BCUT2D eigenvalue weighted by Gasteiger charge is 2.34. The van der Waals surface area contributed by atoms with Gasteiger partial charge in [-0.1, -0.05) is 42.3 Å². The SMILES string of the molecule is C#CCN1C(=O)S/C(=C/c2cn(CC(=O)Nc3ccccc3)c3ccccc23)C1=O. The number of nitrogens with zero attached hydrogens (tertiary/aromatic N) is 2. The maximum atomic E-state index is 12.5. The smallest absolute Gasteiger partial charge is 0.294 e. The average molecular weight is 415 g/mol. The molecule has 1 saturated heterocycles. The molecule has 0 saturated carbocycles. The molecule has 0 radical (unpaired) electrons. The second-order valence-corrected chi connectivity index (χ2v) is 7.61. The Balaban J connectivity index is 1.63. The van der Waals surface area contributed by atoms with Crippen LogP contribution < -0.4 is 5.32 Å². The van der Waals surface area contributed by atoms with Gasteiger partial charge in [-0.25, -0.2) is 0 Å². The number of carbonyl (C=O) groups is 3. The Morgan fingerprint density at radius 2 is 1.83 bits per heavy atom. The second kappa shape index (κ2) is 8.31. The topological polar surface area (TPSA) is 71.4 Å². The average Bonchev–Trinajstić information content (AvgIpc) is 3.21. The van der Waals surface area contributed by atoms with Crippen LogP contribution in [-0.4, -0.2) is 33.1 Å². The van der Waals surface area contributed by atoms with Crippen LogP contribution in [-0.2, 0) is 16.1 Å². The number of thioether (sulfide) groups is 1. The summed E-state index contributed by atoms with van der Waals surface area (Å²) in [5.74, 6) is 1.76. The monoisotopic (exact) mass is 415 g/mol. The van der Waals surface area contributed by atoms with Crippen molar-refractivity contribution in [2.75, 3.05) is 11.9 Å². The largest absolute Gasteiger partial charge is 0.337 e. The maximum absolute atomic E-state index is 12.5. The molecule has 1 aromatic heterocycles. The predicted octanol–water partition coefficient (Wildman–Crippen LogP) is 3.95. The lowest BCUT2D eigenvalue weighted by molar-refractivity contribution is -0.122. The van der Waals surface area contributed by atoms with Gasteiger partial charge in [0, 0.05) is 28.4 Å². The fraction of sp³-hybridized carbons (Fsp3) is 0.0870. The van der Waals surface area contributed by atoms with E-state index in [4.69, 9.17) is 6.42 Å². The Hall–Kier alpha value is -3.76.